The van der Waals surface area contributed by atoms with Crippen LogP contribution in [0.15, 0.2) is 60.7 Å². The van der Waals surface area contributed by atoms with E-state index in [9.17, 15) is 4.79 Å². The highest BCUT2D eigenvalue weighted by molar-refractivity contribution is 5.67. The van der Waals surface area contributed by atoms with Crippen LogP contribution in [0.25, 0.3) is 5.57 Å². The third-order valence-electron chi connectivity index (χ3n) is 4.10. The van der Waals surface area contributed by atoms with Crippen LogP contribution >= 0.6 is 0 Å². The van der Waals surface area contributed by atoms with Gasteiger partial charge in [0.15, 0.2) is 0 Å². The van der Waals surface area contributed by atoms with Crippen LogP contribution in [0.1, 0.15) is 30.9 Å². The minimum atomic E-state index is -0.780. The summed E-state index contributed by atoms with van der Waals surface area (Å²) in [5.41, 5.74) is 3.63. The number of nitrogens with one attached hydrogen (secondary N) is 1. The predicted molar refractivity (Wildman–Crippen MR) is 105 cm³/mol. The maximum absolute atomic E-state index is 10.4. The molecule has 0 spiro atoms. The first-order valence-electron chi connectivity index (χ1n) is 9.01. The Morgan fingerprint density at radius 2 is 1.85 bits per heavy atom. The molecule has 0 aliphatic heterocycles. The van der Waals surface area contributed by atoms with Crippen molar-refractivity contribution in [3.8, 4) is 5.75 Å². The standard InChI is InChI=1S/C22H27NO3/c1-18(13-15-23-16-14-22(24)25)20-9-11-21(12-10-20)26-17-5-8-19-6-3-2-4-7-19/h2-4,6-7,9-13,23H,5,8,14-17H2,1H3,(H,24,25). The Bertz CT molecular complexity index is 693. The summed E-state index contributed by atoms with van der Waals surface area (Å²) in [5.74, 6) is 0.103. The second-order valence-electron chi connectivity index (χ2n) is 6.20. The summed E-state index contributed by atoms with van der Waals surface area (Å²) >= 11 is 0. The summed E-state index contributed by atoms with van der Waals surface area (Å²) in [4.78, 5) is 10.4. The molecule has 0 aliphatic carbocycles. The molecule has 4 nitrogen and oxygen atoms in total. The van der Waals surface area contributed by atoms with Gasteiger partial charge in [-0.05, 0) is 48.6 Å². The number of carbonyl (C=O) groups is 1. The Labute approximate surface area is 155 Å². The fourth-order valence-electron chi connectivity index (χ4n) is 2.57. The molecule has 0 amide bonds. The average molecular weight is 353 g/mol. The molecule has 138 valence electrons. The maximum atomic E-state index is 10.4. The van der Waals surface area contributed by atoms with Crippen LogP contribution in [-0.4, -0.2) is 30.8 Å². The zero-order valence-corrected chi connectivity index (χ0v) is 15.3. The lowest BCUT2D eigenvalue weighted by atomic mass is 10.1. The van der Waals surface area contributed by atoms with E-state index in [0.29, 0.717) is 19.7 Å². The third kappa shape index (κ3) is 7.53. The van der Waals surface area contributed by atoms with Gasteiger partial charge in [0.05, 0.1) is 13.0 Å². The van der Waals surface area contributed by atoms with E-state index < -0.39 is 5.97 Å². The number of hydrogen-bond acceptors (Lipinski definition) is 3. The molecule has 0 heterocycles. The molecule has 0 bridgehead atoms. The molecular formula is C22H27NO3. The molecule has 4 heteroatoms. The summed E-state index contributed by atoms with van der Waals surface area (Å²) in [6.07, 6.45) is 4.23. The van der Waals surface area contributed by atoms with E-state index in [1.165, 1.54) is 5.56 Å². The molecule has 0 aromatic heterocycles. The fraction of sp³-hybridized carbons (Fsp3) is 0.318. The largest absolute Gasteiger partial charge is 0.494 e. The number of allylic oxidation sites excluding steroid dienone is 1. The molecule has 2 N–H and O–H groups in total. The number of benzene rings is 2. The number of hydrogen-bond donors (Lipinski definition) is 2. The molecule has 2 aromatic carbocycles. The highest BCUT2D eigenvalue weighted by Crippen LogP contribution is 2.18. The molecule has 0 radical (unpaired) electrons. The van der Waals surface area contributed by atoms with Crippen molar-refractivity contribution in [1.82, 2.24) is 5.32 Å². The van der Waals surface area contributed by atoms with Gasteiger partial charge in [-0.25, -0.2) is 0 Å². The lowest BCUT2D eigenvalue weighted by Gasteiger charge is -2.08. The number of carboxylic acids is 1. The molecule has 2 rings (SSSR count). The average Bonchev–Trinajstić information content (AvgIpc) is 2.66. The van der Waals surface area contributed by atoms with Gasteiger partial charge in [-0.3, -0.25) is 4.79 Å². The Morgan fingerprint density at radius 3 is 2.54 bits per heavy atom. The molecule has 0 saturated carbocycles. The molecule has 0 aliphatic rings. The van der Waals surface area contributed by atoms with Crippen LogP contribution in [0, 0.1) is 0 Å². The Kier molecular flexibility index (Phi) is 8.43. The van der Waals surface area contributed by atoms with E-state index in [1.807, 2.05) is 18.2 Å². The summed E-state index contributed by atoms with van der Waals surface area (Å²) in [5, 5.41) is 11.7. The van der Waals surface area contributed by atoms with E-state index in [-0.39, 0.29) is 6.42 Å². The minimum absolute atomic E-state index is 0.142. The summed E-state index contributed by atoms with van der Waals surface area (Å²) in [6, 6.07) is 18.5. The van der Waals surface area contributed by atoms with Crippen molar-refractivity contribution in [1.29, 1.82) is 0 Å². The highest BCUT2D eigenvalue weighted by atomic mass is 16.5. The van der Waals surface area contributed by atoms with Crippen LogP contribution in [0.3, 0.4) is 0 Å². The second kappa shape index (κ2) is 11.1. The third-order valence-corrected chi connectivity index (χ3v) is 4.10. The van der Waals surface area contributed by atoms with Gasteiger partial charge < -0.3 is 15.2 Å². The number of ether oxygens (including phenoxy) is 1. The van der Waals surface area contributed by atoms with E-state index in [2.05, 4.69) is 54.7 Å². The highest BCUT2D eigenvalue weighted by Gasteiger charge is 1.99. The Hall–Kier alpha value is -2.59. The van der Waals surface area contributed by atoms with E-state index >= 15 is 0 Å². The van der Waals surface area contributed by atoms with Gasteiger partial charge >= 0.3 is 5.97 Å². The van der Waals surface area contributed by atoms with Gasteiger partial charge in [0.1, 0.15) is 5.75 Å². The number of rotatable bonds is 11. The summed E-state index contributed by atoms with van der Waals surface area (Å²) in [6.45, 7) is 3.90. The van der Waals surface area contributed by atoms with Crippen LogP contribution < -0.4 is 10.1 Å². The van der Waals surface area contributed by atoms with Crippen molar-refractivity contribution < 1.29 is 14.6 Å². The fourth-order valence-corrected chi connectivity index (χ4v) is 2.57. The van der Waals surface area contributed by atoms with Crippen molar-refractivity contribution in [2.45, 2.75) is 26.2 Å². The number of carboxylic acid groups (broad SMARTS) is 1. The lowest BCUT2D eigenvalue weighted by molar-refractivity contribution is -0.136. The van der Waals surface area contributed by atoms with Gasteiger partial charge in [-0.15, -0.1) is 0 Å². The predicted octanol–water partition coefficient (Wildman–Crippen LogP) is 4.17. The quantitative estimate of drug-likeness (QED) is 0.596. The van der Waals surface area contributed by atoms with Crippen molar-refractivity contribution in [2.24, 2.45) is 0 Å². The van der Waals surface area contributed by atoms with Crippen LogP contribution in [0.4, 0.5) is 0 Å². The first kappa shape index (κ1) is 19.7. The van der Waals surface area contributed by atoms with Crippen LogP contribution in [0.5, 0.6) is 5.75 Å². The van der Waals surface area contributed by atoms with Gasteiger partial charge in [-0.1, -0.05) is 48.5 Å². The summed E-state index contributed by atoms with van der Waals surface area (Å²) in [7, 11) is 0. The number of aryl methyl sites for hydroxylation is 1. The van der Waals surface area contributed by atoms with Gasteiger partial charge in [0.2, 0.25) is 0 Å². The normalized spacial score (nSPS) is 11.3. The van der Waals surface area contributed by atoms with Crippen molar-refractivity contribution in [3.63, 3.8) is 0 Å². The zero-order valence-electron chi connectivity index (χ0n) is 15.3. The molecule has 2 aromatic rings. The molecule has 0 atom stereocenters. The zero-order chi connectivity index (χ0) is 18.6. The molecule has 0 fully saturated rings. The Balaban J connectivity index is 1.70. The lowest BCUT2D eigenvalue weighted by Crippen LogP contribution is -2.18. The smallest absolute Gasteiger partial charge is 0.304 e. The van der Waals surface area contributed by atoms with Crippen molar-refractivity contribution in [2.75, 3.05) is 19.7 Å². The second-order valence-corrected chi connectivity index (χ2v) is 6.20. The van der Waals surface area contributed by atoms with E-state index in [4.69, 9.17) is 9.84 Å². The molecular weight excluding hydrogens is 326 g/mol. The number of aliphatic carboxylic acids is 1. The molecule has 0 saturated heterocycles. The van der Waals surface area contributed by atoms with Crippen LogP contribution in [0.2, 0.25) is 0 Å². The van der Waals surface area contributed by atoms with Crippen molar-refractivity contribution in [3.05, 3.63) is 71.8 Å². The maximum Gasteiger partial charge on any atom is 0.304 e. The first-order valence-corrected chi connectivity index (χ1v) is 9.01. The van der Waals surface area contributed by atoms with Crippen LogP contribution in [-0.2, 0) is 11.2 Å². The SMILES string of the molecule is CC(=CCNCCC(=O)O)c1ccc(OCCCc2ccccc2)cc1. The topological polar surface area (TPSA) is 58.6 Å². The minimum Gasteiger partial charge on any atom is -0.494 e. The molecule has 0 unspecified atom stereocenters. The monoisotopic (exact) mass is 353 g/mol. The summed E-state index contributed by atoms with van der Waals surface area (Å²) < 4.78 is 5.81. The first-order chi connectivity index (χ1) is 12.6. The van der Waals surface area contributed by atoms with E-state index in [1.54, 1.807) is 0 Å². The van der Waals surface area contributed by atoms with Gasteiger partial charge in [-0.2, -0.15) is 0 Å². The van der Waals surface area contributed by atoms with Crippen molar-refractivity contribution >= 4 is 11.5 Å². The molecule has 26 heavy (non-hydrogen) atoms. The van der Waals surface area contributed by atoms with Gasteiger partial charge in [0, 0.05) is 13.1 Å². The Morgan fingerprint density at radius 1 is 1.12 bits per heavy atom. The van der Waals surface area contributed by atoms with Gasteiger partial charge in [0.25, 0.3) is 0 Å². The van der Waals surface area contributed by atoms with E-state index in [0.717, 1.165) is 29.7 Å².